The third-order valence-corrected chi connectivity index (χ3v) is 2.78. The molecule has 0 aliphatic carbocycles. The standard InChI is InChI=1S/C13H17N5O/c1-3-10-12(8-18(2)17-10)16-13(19)11-5-4-9(6-14)7-15-11/h4-5,7-8H,3,6,14H2,1-2H3,(H,16,19). The molecule has 0 saturated carbocycles. The van der Waals surface area contributed by atoms with Crippen LogP contribution in [0.1, 0.15) is 28.7 Å². The van der Waals surface area contributed by atoms with Crippen molar-refractivity contribution in [2.24, 2.45) is 12.8 Å². The van der Waals surface area contributed by atoms with Gasteiger partial charge in [0.05, 0.1) is 11.4 Å². The van der Waals surface area contributed by atoms with Crippen molar-refractivity contribution in [3.05, 3.63) is 41.5 Å². The molecule has 6 nitrogen and oxygen atoms in total. The Morgan fingerprint density at radius 2 is 2.26 bits per heavy atom. The van der Waals surface area contributed by atoms with Crippen molar-refractivity contribution in [2.75, 3.05) is 5.32 Å². The molecule has 0 aliphatic rings. The molecule has 0 radical (unpaired) electrons. The van der Waals surface area contributed by atoms with Crippen molar-refractivity contribution in [3.8, 4) is 0 Å². The molecule has 0 atom stereocenters. The highest BCUT2D eigenvalue weighted by Gasteiger charge is 2.12. The van der Waals surface area contributed by atoms with E-state index in [0.29, 0.717) is 12.2 Å². The number of hydrogen-bond acceptors (Lipinski definition) is 4. The molecule has 19 heavy (non-hydrogen) atoms. The van der Waals surface area contributed by atoms with Gasteiger partial charge in [0.25, 0.3) is 5.91 Å². The number of nitrogens with zero attached hydrogens (tertiary/aromatic N) is 3. The highest BCUT2D eigenvalue weighted by Crippen LogP contribution is 2.14. The molecule has 0 spiro atoms. The van der Waals surface area contributed by atoms with Crippen LogP contribution in [0.4, 0.5) is 5.69 Å². The third kappa shape index (κ3) is 2.97. The number of carbonyl (C=O) groups is 1. The van der Waals surface area contributed by atoms with E-state index in [2.05, 4.69) is 15.4 Å². The van der Waals surface area contributed by atoms with Crippen LogP contribution in [0.25, 0.3) is 0 Å². The lowest BCUT2D eigenvalue weighted by molar-refractivity contribution is 0.102. The Bertz CT molecular complexity index is 573. The maximum atomic E-state index is 12.0. The number of anilines is 1. The lowest BCUT2D eigenvalue weighted by Crippen LogP contribution is -2.14. The largest absolute Gasteiger partial charge is 0.326 e. The van der Waals surface area contributed by atoms with Crippen molar-refractivity contribution >= 4 is 11.6 Å². The summed E-state index contributed by atoms with van der Waals surface area (Å²) in [4.78, 5) is 16.1. The van der Waals surface area contributed by atoms with Gasteiger partial charge in [0.2, 0.25) is 0 Å². The number of hydrogen-bond donors (Lipinski definition) is 2. The summed E-state index contributed by atoms with van der Waals surface area (Å²) in [6, 6.07) is 3.46. The van der Waals surface area contributed by atoms with E-state index in [-0.39, 0.29) is 5.91 Å². The Morgan fingerprint density at radius 1 is 1.47 bits per heavy atom. The van der Waals surface area contributed by atoms with Crippen molar-refractivity contribution in [1.82, 2.24) is 14.8 Å². The van der Waals surface area contributed by atoms with Crippen LogP contribution in [-0.4, -0.2) is 20.7 Å². The van der Waals surface area contributed by atoms with E-state index in [9.17, 15) is 4.79 Å². The maximum Gasteiger partial charge on any atom is 0.274 e. The monoisotopic (exact) mass is 259 g/mol. The van der Waals surface area contributed by atoms with Crippen LogP contribution < -0.4 is 11.1 Å². The minimum absolute atomic E-state index is 0.244. The van der Waals surface area contributed by atoms with Crippen LogP contribution >= 0.6 is 0 Å². The highest BCUT2D eigenvalue weighted by molar-refractivity contribution is 6.03. The number of pyridine rings is 1. The summed E-state index contributed by atoms with van der Waals surface area (Å²) in [7, 11) is 1.82. The number of nitrogens with one attached hydrogen (secondary N) is 1. The van der Waals surface area contributed by atoms with Crippen molar-refractivity contribution < 1.29 is 4.79 Å². The van der Waals surface area contributed by atoms with Crippen LogP contribution in [0.3, 0.4) is 0 Å². The first-order chi connectivity index (χ1) is 9.13. The number of rotatable bonds is 4. The zero-order chi connectivity index (χ0) is 13.8. The summed E-state index contributed by atoms with van der Waals surface area (Å²) in [5.74, 6) is -0.244. The molecule has 2 rings (SSSR count). The zero-order valence-corrected chi connectivity index (χ0v) is 11.1. The normalized spacial score (nSPS) is 10.5. The van der Waals surface area contributed by atoms with Gasteiger partial charge in [-0.3, -0.25) is 14.5 Å². The summed E-state index contributed by atoms with van der Waals surface area (Å²) >= 11 is 0. The van der Waals surface area contributed by atoms with E-state index in [1.165, 1.54) is 0 Å². The molecule has 6 heteroatoms. The van der Waals surface area contributed by atoms with Gasteiger partial charge in [0.1, 0.15) is 5.69 Å². The van der Waals surface area contributed by atoms with Crippen LogP contribution in [0.15, 0.2) is 24.5 Å². The van der Waals surface area contributed by atoms with E-state index >= 15 is 0 Å². The average Bonchev–Trinajstić information content (AvgIpc) is 2.78. The molecule has 0 aromatic carbocycles. The minimum Gasteiger partial charge on any atom is -0.326 e. The molecule has 1 amide bonds. The second kappa shape index (κ2) is 5.62. The molecule has 0 fully saturated rings. The van der Waals surface area contributed by atoms with Crippen molar-refractivity contribution in [3.63, 3.8) is 0 Å². The van der Waals surface area contributed by atoms with Gasteiger partial charge in [0.15, 0.2) is 0 Å². The quantitative estimate of drug-likeness (QED) is 0.860. The molecule has 0 unspecified atom stereocenters. The molecule has 0 saturated heterocycles. The first-order valence-electron chi connectivity index (χ1n) is 6.13. The third-order valence-electron chi connectivity index (χ3n) is 2.78. The Kier molecular flexibility index (Phi) is 3.91. The molecule has 2 aromatic rings. The second-order valence-electron chi connectivity index (χ2n) is 4.23. The van der Waals surface area contributed by atoms with Gasteiger partial charge >= 0.3 is 0 Å². The fourth-order valence-corrected chi connectivity index (χ4v) is 1.77. The zero-order valence-electron chi connectivity index (χ0n) is 11.1. The number of aromatic nitrogens is 3. The van der Waals surface area contributed by atoms with Gasteiger partial charge in [-0.05, 0) is 18.1 Å². The Balaban J connectivity index is 2.15. The molecule has 2 aromatic heterocycles. The van der Waals surface area contributed by atoms with Gasteiger partial charge in [-0.1, -0.05) is 13.0 Å². The first kappa shape index (κ1) is 13.2. The summed E-state index contributed by atoms with van der Waals surface area (Å²) in [5, 5.41) is 7.09. The fourth-order valence-electron chi connectivity index (χ4n) is 1.77. The molecule has 0 aliphatic heterocycles. The summed E-state index contributed by atoms with van der Waals surface area (Å²) in [5.41, 5.74) is 8.33. The molecular formula is C13H17N5O. The average molecular weight is 259 g/mol. The lowest BCUT2D eigenvalue weighted by atomic mass is 10.2. The van der Waals surface area contributed by atoms with Crippen LogP contribution in [0.2, 0.25) is 0 Å². The van der Waals surface area contributed by atoms with Crippen molar-refractivity contribution in [2.45, 2.75) is 19.9 Å². The van der Waals surface area contributed by atoms with Gasteiger partial charge < -0.3 is 11.1 Å². The Labute approximate surface area is 111 Å². The molecule has 3 N–H and O–H groups in total. The topological polar surface area (TPSA) is 85.8 Å². The highest BCUT2D eigenvalue weighted by atomic mass is 16.1. The lowest BCUT2D eigenvalue weighted by Gasteiger charge is -2.04. The smallest absolute Gasteiger partial charge is 0.274 e. The minimum atomic E-state index is -0.244. The number of carbonyl (C=O) groups excluding carboxylic acids is 1. The molecular weight excluding hydrogens is 242 g/mol. The van der Waals surface area contributed by atoms with E-state index in [1.54, 1.807) is 29.2 Å². The SMILES string of the molecule is CCc1nn(C)cc1NC(=O)c1ccc(CN)cn1. The van der Waals surface area contributed by atoms with Crippen LogP contribution in [0, 0.1) is 0 Å². The number of amides is 1. The molecule has 2 heterocycles. The van der Waals surface area contributed by atoms with Gasteiger partial charge in [0, 0.05) is 26.0 Å². The Hall–Kier alpha value is -2.21. The van der Waals surface area contributed by atoms with E-state index in [4.69, 9.17) is 5.73 Å². The predicted octanol–water partition coefficient (Wildman–Crippen LogP) is 1.09. The van der Waals surface area contributed by atoms with E-state index in [0.717, 1.165) is 23.4 Å². The number of nitrogens with two attached hydrogens (primary N) is 1. The van der Waals surface area contributed by atoms with E-state index in [1.807, 2.05) is 14.0 Å². The molecule has 100 valence electrons. The van der Waals surface area contributed by atoms with Gasteiger partial charge in [-0.15, -0.1) is 0 Å². The summed E-state index contributed by atoms with van der Waals surface area (Å²) in [6.07, 6.45) is 4.15. The van der Waals surface area contributed by atoms with Gasteiger partial charge in [-0.2, -0.15) is 5.10 Å². The molecule has 0 bridgehead atoms. The fraction of sp³-hybridized carbons (Fsp3) is 0.308. The van der Waals surface area contributed by atoms with Crippen LogP contribution in [-0.2, 0) is 20.0 Å². The van der Waals surface area contributed by atoms with E-state index < -0.39 is 0 Å². The summed E-state index contributed by atoms with van der Waals surface area (Å²) in [6.45, 7) is 2.41. The summed E-state index contributed by atoms with van der Waals surface area (Å²) < 4.78 is 1.68. The second-order valence-corrected chi connectivity index (χ2v) is 4.23. The van der Waals surface area contributed by atoms with Gasteiger partial charge in [-0.25, -0.2) is 0 Å². The first-order valence-corrected chi connectivity index (χ1v) is 6.13. The van der Waals surface area contributed by atoms with Crippen molar-refractivity contribution in [1.29, 1.82) is 0 Å². The maximum absolute atomic E-state index is 12.0. The Morgan fingerprint density at radius 3 is 2.84 bits per heavy atom. The van der Waals surface area contributed by atoms with Crippen LogP contribution in [0.5, 0.6) is 0 Å². The predicted molar refractivity (Wildman–Crippen MR) is 72.7 cm³/mol. The number of aryl methyl sites for hydroxylation is 2.